The zero-order chi connectivity index (χ0) is 20.1. The highest BCUT2D eigenvalue weighted by Crippen LogP contribution is 2.31. The maximum atomic E-state index is 12.9. The molecule has 156 valence electrons. The van der Waals surface area contributed by atoms with Gasteiger partial charge in [0.05, 0.1) is 19.9 Å². The van der Waals surface area contributed by atoms with Gasteiger partial charge >= 0.3 is 0 Å². The fraction of sp³-hybridized carbons (Fsp3) is 0.650. The summed E-state index contributed by atoms with van der Waals surface area (Å²) in [5.74, 6) is 0.928. The molecular formula is C20H31N3O4S. The van der Waals surface area contributed by atoms with Gasteiger partial charge < -0.3 is 9.64 Å². The number of amides is 1. The number of hydrogen-bond donors (Lipinski definition) is 0. The van der Waals surface area contributed by atoms with Crippen LogP contribution < -0.4 is 4.74 Å². The van der Waals surface area contributed by atoms with Crippen LogP contribution >= 0.6 is 0 Å². The average Bonchev–Trinajstić information content (AvgIpc) is 2.93. The zero-order valence-corrected chi connectivity index (χ0v) is 17.7. The molecule has 1 amide bonds. The molecule has 0 spiro atoms. The maximum absolute atomic E-state index is 12.9. The first-order chi connectivity index (χ1) is 13.4. The second-order valence-corrected chi connectivity index (χ2v) is 9.63. The second-order valence-electron chi connectivity index (χ2n) is 7.65. The van der Waals surface area contributed by atoms with Crippen molar-refractivity contribution in [3.8, 4) is 5.75 Å². The lowest BCUT2D eigenvalue weighted by atomic mass is 10.0. The number of methoxy groups -OCH3 is 1. The SMILES string of the molecule is COc1ccc(C2CCCCCN2CC(=O)N2CCN(S(C)(=O)=O)CC2)cc1. The molecule has 2 heterocycles. The summed E-state index contributed by atoms with van der Waals surface area (Å²) in [6.07, 6.45) is 5.71. The zero-order valence-electron chi connectivity index (χ0n) is 16.8. The summed E-state index contributed by atoms with van der Waals surface area (Å²) in [6.45, 7) is 2.99. The van der Waals surface area contributed by atoms with E-state index in [4.69, 9.17) is 4.74 Å². The third kappa shape index (κ3) is 5.24. The second kappa shape index (κ2) is 9.24. The van der Waals surface area contributed by atoms with E-state index in [0.29, 0.717) is 32.7 Å². The van der Waals surface area contributed by atoms with Crippen molar-refractivity contribution in [1.82, 2.24) is 14.1 Å². The standard InChI is InChI=1S/C20H31N3O4S/c1-27-18-9-7-17(8-10-18)19-6-4-3-5-11-22(19)16-20(24)21-12-14-23(15-13-21)28(2,25)26/h7-10,19H,3-6,11-16H2,1-2H3. The Morgan fingerprint density at radius 2 is 1.71 bits per heavy atom. The summed E-state index contributed by atoms with van der Waals surface area (Å²) < 4.78 is 30.0. The number of piperazine rings is 1. The molecule has 0 radical (unpaired) electrons. The van der Waals surface area contributed by atoms with E-state index in [0.717, 1.165) is 31.6 Å². The monoisotopic (exact) mass is 409 g/mol. The Bertz CT molecular complexity index is 758. The fourth-order valence-electron chi connectivity index (χ4n) is 4.10. The van der Waals surface area contributed by atoms with E-state index in [9.17, 15) is 13.2 Å². The van der Waals surface area contributed by atoms with E-state index in [1.807, 2.05) is 12.1 Å². The van der Waals surface area contributed by atoms with Crippen LogP contribution in [-0.2, 0) is 14.8 Å². The van der Waals surface area contributed by atoms with Gasteiger partial charge in [-0.2, -0.15) is 4.31 Å². The third-order valence-electron chi connectivity index (χ3n) is 5.76. The van der Waals surface area contributed by atoms with Crippen LogP contribution in [0.3, 0.4) is 0 Å². The number of ether oxygens (including phenoxy) is 1. The molecule has 1 unspecified atom stereocenters. The van der Waals surface area contributed by atoms with Gasteiger partial charge in [-0.05, 0) is 37.1 Å². The van der Waals surface area contributed by atoms with Crippen molar-refractivity contribution >= 4 is 15.9 Å². The molecule has 2 saturated heterocycles. The van der Waals surface area contributed by atoms with Crippen LogP contribution in [0.5, 0.6) is 5.75 Å². The summed E-state index contributed by atoms with van der Waals surface area (Å²) in [4.78, 5) is 17.0. The van der Waals surface area contributed by atoms with Crippen molar-refractivity contribution in [3.63, 3.8) is 0 Å². The van der Waals surface area contributed by atoms with Crippen LogP contribution in [0.2, 0.25) is 0 Å². The van der Waals surface area contributed by atoms with Gasteiger partial charge in [-0.3, -0.25) is 9.69 Å². The Kier molecular flexibility index (Phi) is 6.95. The van der Waals surface area contributed by atoms with E-state index in [-0.39, 0.29) is 11.9 Å². The Hall–Kier alpha value is -1.64. The van der Waals surface area contributed by atoms with E-state index < -0.39 is 10.0 Å². The predicted molar refractivity (Wildman–Crippen MR) is 109 cm³/mol. The van der Waals surface area contributed by atoms with Crippen molar-refractivity contribution in [2.75, 3.05) is 52.6 Å². The lowest BCUT2D eigenvalue weighted by molar-refractivity contribution is -0.134. The molecule has 28 heavy (non-hydrogen) atoms. The van der Waals surface area contributed by atoms with Crippen molar-refractivity contribution < 1.29 is 17.9 Å². The van der Waals surface area contributed by atoms with Crippen LogP contribution in [0.4, 0.5) is 0 Å². The minimum atomic E-state index is -3.18. The largest absolute Gasteiger partial charge is 0.497 e. The molecule has 0 bridgehead atoms. The number of benzene rings is 1. The molecule has 1 aromatic carbocycles. The van der Waals surface area contributed by atoms with E-state index in [2.05, 4.69) is 17.0 Å². The third-order valence-corrected chi connectivity index (χ3v) is 7.07. The first kappa shape index (κ1) is 21.1. The normalized spacial score (nSPS) is 22.6. The Morgan fingerprint density at radius 3 is 2.32 bits per heavy atom. The molecule has 7 nitrogen and oxygen atoms in total. The van der Waals surface area contributed by atoms with Gasteiger partial charge in [-0.1, -0.05) is 25.0 Å². The maximum Gasteiger partial charge on any atom is 0.236 e. The van der Waals surface area contributed by atoms with Crippen molar-refractivity contribution in [1.29, 1.82) is 0 Å². The smallest absolute Gasteiger partial charge is 0.236 e. The molecule has 0 N–H and O–H groups in total. The summed E-state index contributed by atoms with van der Waals surface area (Å²) in [5.41, 5.74) is 1.22. The Morgan fingerprint density at radius 1 is 1.04 bits per heavy atom. The lowest BCUT2D eigenvalue weighted by Crippen LogP contribution is -2.52. The average molecular weight is 410 g/mol. The topological polar surface area (TPSA) is 70.2 Å². The number of carbonyl (C=O) groups is 1. The number of sulfonamides is 1. The summed E-state index contributed by atoms with van der Waals surface area (Å²) in [7, 11) is -1.52. The molecular weight excluding hydrogens is 378 g/mol. The molecule has 0 saturated carbocycles. The van der Waals surface area contributed by atoms with E-state index in [1.165, 1.54) is 22.5 Å². The molecule has 2 aliphatic heterocycles. The van der Waals surface area contributed by atoms with Crippen molar-refractivity contribution in [2.24, 2.45) is 0 Å². The lowest BCUT2D eigenvalue weighted by Gasteiger charge is -2.36. The van der Waals surface area contributed by atoms with Gasteiger partial charge in [0.1, 0.15) is 5.75 Å². The Balaban J connectivity index is 1.65. The molecule has 0 aromatic heterocycles. The number of carbonyl (C=O) groups excluding carboxylic acids is 1. The molecule has 1 aromatic rings. The van der Waals surface area contributed by atoms with E-state index >= 15 is 0 Å². The molecule has 0 aliphatic carbocycles. The highest BCUT2D eigenvalue weighted by atomic mass is 32.2. The minimum absolute atomic E-state index is 0.0913. The van der Waals surface area contributed by atoms with Gasteiger partial charge in [0, 0.05) is 32.2 Å². The number of rotatable bonds is 5. The first-order valence-corrected chi connectivity index (χ1v) is 11.8. The Labute approximate surface area is 168 Å². The molecule has 2 aliphatic rings. The molecule has 2 fully saturated rings. The van der Waals surface area contributed by atoms with E-state index in [1.54, 1.807) is 12.0 Å². The number of hydrogen-bond acceptors (Lipinski definition) is 5. The number of nitrogens with zero attached hydrogens (tertiary/aromatic N) is 3. The molecule has 3 rings (SSSR count). The quantitative estimate of drug-likeness (QED) is 0.741. The fourth-order valence-corrected chi connectivity index (χ4v) is 4.93. The highest BCUT2D eigenvalue weighted by Gasteiger charge is 2.29. The summed E-state index contributed by atoms with van der Waals surface area (Å²) in [5, 5.41) is 0. The van der Waals surface area contributed by atoms with Gasteiger partial charge in [-0.15, -0.1) is 0 Å². The van der Waals surface area contributed by atoms with Crippen molar-refractivity contribution in [2.45, 2.75) is 31.7 Å². The van der Waals surface area contributed by atoms with Gasteiger partial charge in [0.25, 0.3) is 0 Å². The summed E-state index contributed by atoms with van der Waals surface area (Å²) >= 11 is 0. The highest BCUT2D eigenvalue weighted by molar-refractivity contribution is 7.88. The van der Waals surface area contributed by atoms with Crippen LogP contribution in [-0.4, -0.2) is 81.1 Å². The van der Waals surface area contributed by atoms with Gasteiger partial charge in [-0.25, -0.2) is 8.42 Å². The summed E-state index contributed by atoms with van der Waals surface area (Å²) in [6, 6.07) is 8.37. The number of likely N-dealkylation sites (tertiary alicyclic amines) is 1. The predicted octanol–water partition coefficient (Wildman–Crippen LogP) is 1.72. The first-order valence-electron chi connectivity index (χ1n) is 9.99. The molecule has 8 heteroatoms. The van der Waals surface area contributed by atoms with Crippen LogP contribution in [0.1, 0.15) is 37.3 Å². The van der Waals surface area contributed by atoms with Crippen LogP contribution in [0, 0.1) is 0 Å². The van der Waals surface area contributed by atoms with Gasteiger partial charge in [0.2, 0.25) is 15.9 Å². The minimum Gasteiger partial charge on any atom is -0.497 e. The van der Waals surface area contributed by atoms with Crippen LogP contribution in [0.25, 0.3) is 0 Å². The van der Waals surface area contributed by atoms with Gasteiger partial charge in [0.15, 0.2) is 0 Å². The van der Waals surface area contributed by atoms with Crippen LogP contribution in [0.15, 0.2) is 24.3 Å². The molecule has 1 atom stereocenters. The van der Waals surface area contributed by atoms with Crippen molar-refractivity contribution in [3.05, 3.63) is 29.8 Å².